The van der Waals surface area contributed by atoms with Gasteiger partial charge in [0, 0.05) is 25.0 Å². The number of aliphatic carboxylic acids is 1. The number of rotatable bonds is 5. The van der Waals surface area contributed by atoms with Crippen LogP contribution < -0.4 is 5.32 Å². The Balaban J connectivity index is 2.36. The predicted molar refractivity (Wildman–Crippen MR) is 62.5 cm³/mol. The van der Waals surface area contributed by atoms with Gasteiger partial charge >= 0.3 is 5.97 Å². The molecule has 0 radical (unpaired) electrons. The number of carboxylic acids is 1. The fraction of sp³-hybridized carbons (Fsp3) is 0.833. The van der Waals surface area contributed by atoms with Crippen LogP contribution in [0.15, 0.2) is 0 Å². The van der Waals surface area contributed by atoms with Crippen molar-refractivity contribution in [1.82, 2.24) is 5.32 Å². The van der Waals surface area contributed by atoms with Crippen LogP contribution in [0.1, 0.15) is 27.2 Å². The van der Waals surface area contributed by atoms with Crippen molar-refractivity contribution in [2.45, 2.75) is 33.3 Å². The molecule has 4 unspecified atom stereocenters. The molecule has 0 spiro atoms. The molecule has 0 bridgehead atoms. The van der Waals surface area contributed by atoms with E-state index in [9.17, 15) is 9.59 Å². The molecule has 0 aliphatic carbocycles. The predicted octanol–water partition coefficient (Wildman–Crippen LogP) is 0.884. The molecule has 5 heteroatoms. The van der Waals surface area contributed by atoms with Crippen LogP contribution in [-0.4, -0.2) is 36.2 Å². The summed E-state index contributed by atoms with van der Waals surface area (Å²) in [6.07, 6.45) is 1.12. The summed E-state index contributed by atoms with van der Waals surface area (Å²) in [6, 6.07) is 0. The average molecular weight is 243 g/mol. The zero-order valence-corrected chi connectivity index (χ0v) is 10.6. The highest BCUT2D eigenvalue weighted by molar-refractivity contribution is 5.84. The van der Waals surface area contributed by atoms with Gasteiger partial charge in [0.15, 0.2) is 0 Å². The zero-order valence-electron chi connectivity index (χ0n) is 10.6. The van der Waals surface area contributed by atoms with Crippen molar-refractivity contribution in [3.8, 4) is 0 Å². The highest BCUT2D eigenvalue weighted by Crippen LogP contribution is 2.19. The summed E-state index contributed by atoms with van der Waals surface area (Å²) in [5.74, 6) is -1.96. The maximum absolute atomic E-state index is 11.7. The third kappa shape index (κ3) is 3.70. The molecule has 17 heavy (non-hydrogen) atoms. The number of carboxylic acid groups (broad SMARTS) is 1. The van der Waals surface area contributed by atoms with Crippen molar-refractivity contribution < 1.29 is 19.4 Å². The van der Waals surface area contributed by atoms with Crippen LogP contribution in [0, 0.1) is 17.8 Å². The van der Waals surface area contributed by atoms with Gasteiger partial charge in [-0.05, 0) is 13.3 Å². The average Bonchev–Trinajstić information content (AvgIpc) is 2.69. The molecule has 1 aliphatic heterocycles. The molecule has 5 nitrogen and oxygen atoms in total. The number of nitrogens with one attached hydrogen (secondary N) is 1. The molecule has 0 aromatic rings. The molecular weight excluding hydrogens is 222 g/mol. The number of hydrogen-bond acceptors (Lipinski definition) is 3. The fourth-order valence-corrected chi connectivity index (χ4v) is 1.88. The third-order valence-corrected chi connectivity index (χ3v) is 3.62. The molecule has 2 N–H and O–H groups in total. The Morgan fingerprint density at radius 1 is 1.41 bits per heavy atom. The van der Waals surface area contributed by atoms with Crippen molar-refractivity contribution in [2.75, 3.05) is 13.2 Å². The molecule has 1 aliphatic rings. The summed E-state index contributed by atoms with van der Waals surface area (Å²) in [5.41, 5.74) is 0. The second kappa shape index (κ2) is 6.00. The van der Waals surface area contributed by atoms with Gasteiger partial charge in [0.25, 0.3) is 0 Å². The van der Waals surface area contributed by atoms with Gasteiger partial charge in [-0.25, -0.2) is 0 Å². The van der Waals surface area contributed by atoms with Crippen LogP contribution in [0.3, 0.4) is 0 Å². The molecule has 1 heterocycles. The van der Waals surface area contributed by atoms with Crippen LogP contribution in [0.5, 0.6) is 0 Å². The SMILES string of the molecule is CC1OCCC1CNC(=O)C(C)C(C)C(=O)O. The van der Waals surface area contributed by atoms with E-state index < -0.39 is 17.8 Å². The number of carbonyl (C=O) groups is 2. The summed E-state index contributed by atoms with van der Waals surface area (Å²) in [7, 11) is 0. The van der Waals surface area contributed by atoms with Crippen LogP contribution >= 0.6 is 0 Å². The largest absolute Gasteiger partial charge is 0.481 e. The molecule has 1 rings (SSSR count). The normalized spacial score (nSPS) is 27.5. The minimum absolute atomic E-state index is 0.169. The monoisotopic (exact) mass is 243 g/mol. The highest BCUT2D eigenvalue weighted by atomic mass is 16.5. The zero-order chi connectivity index (χ0) is 13.0. The third-order valence-electron chi connectivity index (χ3n) is 3.62. The van der Waals surface area contributed by atoms with E-state index in [1.54, 1.807) is 13.8 Å². The second-order valence-electron chi connectivity index (χ2n) is 4.79. The molecule has 1 saturated heterocycles. The van der Waals surface area contributed by atoms with E-state index in [1.807, 2.05) is 6.92 Å². The van der Waals surface area contributed by atoms with Crippen molar-refractivity contribution >= 4 is 11.9 Å². The van der Waals surface area contributed by atoms with E-state index in [2.05, 4.69) is 5.32 Å². The van der Waals surface area contributed by atoms with E-state index in [0.717, 1.165) is 13.0 Å². The summed E-state index contributed by atoms with van der Waals surface area (Å²) in [6.45, 7) is 6.49. The Bertz CT molecular complexity index is 292. The van der Waals surface area contributed by atoms with E-state index >= 15 is 0 Å². The van der Waals surface area contributed by atoms with Crippen molar-refractivity contribution in [1.29, 1.82) is 0 Å². The lowest BCUT2D eigenvalue weighted by Gasteiger charge is -2.19. The van der Waals surface area contributed by atoms with Gasteiger partial charge in [0.05, 0.1) is 12.0 Å². The summed E-state index contributed by atoms with van der Waals surface area (Å²) < 4.78 is 5.40. The lowest BCUT2D eigenvalue weighted by atomic mass is 9.95. The van der Waals surface area contributed by atoms with Crippen LogP contribution in [0.2, 0.25) is 0 Å². The molecule has 98 valence electrons. The fourth-order valence-electron chi connectivity index (χ4n) is 1.88. The van der Waals surface area contributed by atoms with Crippen molar-refractivity contribution in [3.05, 3.63) is 0 Å². The lowest BCUT2D eigenvalue weighted by Crippen LogP contribution is -2.38. The summed E-state index contributed by atoms with van der Waals surface area (Å²) in [4.78, 5) is 22.5. The first-order valence-corrected chi connectivity index (χ1v) is 6.05. The Morgan fingerprint density at radius 2 is 2.06 bits per heavy atom. The van der Waals surface area contributed by atoms with Gasteiger partial charge in [0.1, 0.15) is 0 Å². The van der Waals surface area contributed by atoms with E-state index in [1.165, 1.54) is 0 Å². The van der Waals surface area contributed by atoms with E-state index in [4.69, 9.17) is 9.84 Å². The van der Waals surface area contributed by atoms with Gasteiger partial charge in [-0.1, -0.05) is 13.8 Å². The quantitative estimate of drug-likeness (QED) is 0.751. The number of hydrogen-bond donors (Lipinski definition) is 2. The van der Waals surface area contributed by atoms with Crippen LogP contribution in [0.25, 0.3) is 0 Å². The van der Waals surface area contributed by atoms with Crippen molar-refractivity contribution in [2.24, 2.45) is 17.8 Å². The molecule has 4 atom stereocenters. The Kier molecular flexibility index (Phi) is 4.93. The van der Waals surface area contributed by atoms with Gasteiger partial charge in [-0.3, -0.25) is 9.59 Å². The maximum Gasteiger partial charge on any atom is 0.307 e. The van der Waals surface area contributed by atoms with Gasteiger partial charge in [-0.2, -0.15) is 0 Å². The summed E-state index contributed by atoms with van der Waals surface area (Å²) >= 11 is 0. The molecule has 0 aromatic heterocycles. The number of ether oxygens (including phenoxy) is 1. The first-order chi connectivity index (χ1) is 7.93. The van der Waals surface area contributed by atoms with E-state index in [-0.39, 0.29) is 12.0 Å². The number of carbonyl (C=O) groups excluding carboxylic acids is 1. The first-order valence-electron chi connectivity index (χ1n) is 6.05. The van der Waals surface area contributed by atoms with Crippen molar-refractivity contribution in [3.63, 3.8) is 0 Å². The van der Waals surface area contributed by atoms with Gasteiger partial charge < -0.3 is 15.2 Å². The lowest BCUT2D eigenvalue weighted by molar-refractivity contribution is -0.146. The Hall–Kier alpha value is -1.10. The molecule has 1 amide bonds. The van der Waals surface area contributed by atoms with Crippen LogP contribution in [-0.2, 0) is 14.3 Å². The minimum atomic E-state index is -0.940. The second-order valence-corrected chi connectivity index (χ2v) is 4.79. The van der Waals surface area contributed by atoms with Gasteiger partial charge in [-0.15, -0.1) is 0 Å². The van der Waals surface area contributed by atoms with E-state index in [0.29, 0.717) is 12.5 Å². The smallest absolute Gasteiger partial charge is 0.307 e. The molecular formula is C12H21NO4. The Morgan fingerprint density at radius 3 is 2.53 bits per heavy atom. The van der Waals surface area contributed by atoms with Crippen LogP contribution in [0.4, 0.5) is 0 Å². The minimum Gasteiger partial charge on any atom is -0.481 e. The maximum atomic E-state index is 11.7. The number of amides is 1. The van der Waals surface area contributed by atoms with Gasteiger partial charge in [0.2, 0.25) is 5.91 Å². The standard InChI is InChI=1S/C12H21NO4/c1-7(8(2)12(15)16)11(14)13-6-10-4-5-17-9(10)3/h7-10H,4-6H2,1-3H3,(H,13,14)(H,15,16). The molecule has 0 saturated carbocycles. The Labute approximate surface area is 102 Å². The molecule has 1 fully saturated rings. The topological polar surface area (TPSA) is 75.6 Å². The molecule has 0 aromatic carbocycles. The summed E-state index contributed by atoms with van der Waals surface area (Å²) in [5, 5.41) is 11.6. The highest BCUT2D eigenvalue weighted by Gasteiger charge is 2.28. The first kappa shape index (κ1) is 14.0.